The highest BCUT2D eigenvalue weighted by Crippen LogP contribution is 2.45. The second kappa shape index (κ2) is 5.87. The van der Waals surface area contributed by atoms with Crippen LogP contribution in [0.5, 0.6) is 0 Å². The zero-order valence-corrected chi connectivity index (χ0v) is 12.6. The largest absolute Gasteiger partial charge is 0.372 e. The summed E-state index contributed by atoms with van der Waals surface area (Å²) in [6, 6.07) is 8.64. The summed E-state index contributed by atoms with van der Waals surface area (Å²) >= 11 is 0. The molecule has 110 valence electrons. The highest BCUT2D eigenvalue weighted by molar-refractivity contribution is 5.29. The van der Waals surface area contributed by atoms with Crippen LogP contribution in [-0.4, -0.2) is 18.2 Å². The van der Waals surface area contributed by atoms with E-state index < -0.39 is 0 Å². The maximum atomic E-state index is 6.45. The molecule has 0 bridgehead atoms. The number of hydrogen-bond acceptors (Lipinski definition) is 2. The minimum Gasteiger partial charge on any atom is -0.372 e. The maximum absolute atomic E-state index is 6.45. The Balaban J connectivity index is 1.66. The smallest absolute Gasteiger partial charge is 0.0687 e. The summed E-state index contributed by atoms with van der Waals surface area (Å²) in [5.41, 5.74) is 9.05. The molecule has 1 saturated heterocycles. The van der Waals surface area contributed by atoms with Crippen LogP contribution >= 0.6 is 0 Å². The molecule has 2 atom stereocenters. The van der Waals surface area contributed by atoms with Crippen LogP contribution in [0.4, 0.5) is 0 Å². The van der Waals surface area contributed by atoms with Crippen molar-refractivity contribution >= 4 is 0 Å². The van der Waals surface area contributed by atoms with Crippen molar-refractivity contribution in [1.29, 1.82) is 0 Å². The van der Waals surface area contributed by atoms with E-state index in [1.807, 2.05) is 0 Å². The van der Waals surface area contributed by atoms with Gasteiger partial charge in [0.25, 0.3) is 0 Å². The van der Waals surface area contributed by atoms with Gasteiger partial charge in [-0.1, -0.05) is 37.1 Å². The van der Waals surface area contributed by atoms with Crippen molar-refractivity contribution in [2.45, 2.75) is 69.5 Å². The zero-order chi connectivity index (χ0) is 14.0. The quantitative estimate of drug-likeness (QED) is 0.902. The van der Waals surface area contributed by atoms with E-state index >= 15 is 0 Å². The van der Waals surface area contributed by atoms with Gasteiger partial charge < -0.3 is 10.5 Å². The molecule has 1 spiro atoms. The van der Waals surface area contributed by atoms with Crippen LogP contribution in [0.2, 0.25) is 0 Å². The summed E-state index contributed by atoms with van der Waals surface area (Å²) in [6.07, 6.45) is 9.26. The van der Waals surface area contributed by atoms with Gasteiger partial charge in [-0.3, -0.25) is 0 Å². The van der Waals surface area contributed by atoms with Gasteiger partial charge in [-0.05, 0) is 62.6 Å². The average Bonchev–Trinajstić information content (AvgIpc) is 3.08. The van der Waals surface area contributed by atoms with E-state index in [1.54, 1.807) is 0 Å². The molecule has 0 amide bonds. The van der Waals surface area contributed by atoms with E-state index in [2.05, 4.69) is 31.2 Å². The van der Waals surface area contributed by atoms with Crippen LogP contribution in [0.15, 0.2) is 24.3 Å². The van der Waals surface area contributed by atoms with Gasteiger partial charge in [-0.2, -0.15) is 0 Å². The number of ether oxygens (including phenoxy) is 1. The van der Waals surface area contributed by atoms with Gasteiger partial charge >= 0.3 is 0 Å². The number of rotatable bonds is 4. The van der Waals surface area contributed by atoms with Gasteiger partial charge in [-0.15, -0.1) is 0 Å². The Bertz CT molecular complexity index is 450. The molecule has 2 unspecified atom stereocenters. The third-order valence-electron chi connectivity index (χ3n) is 5.31. The summed E-state index contributed by atoms with van der Waals surface area (Å²) in [6.45, 7) is 2.91. The van der Waals surface area contributed by atoms with Gasteiger partial charge in [0.15, 0.2) is 0 Å². The fourth-order valence-corrected chi connectivity index (χ4v) is 4.16. The SMILES string of the molecule is Cc1ccccc1C(CN)CC1CCC2(CCCC2)O1. The van der Waals surface area contributed by atoms with Crippen LogP contribution in [0, 0.1) is 6.92 Å². The molecule has 1 heterocycles. The Hall–Kier alpha value is -0.860. The maximum Gasteiger partial charge on any atom is 0.0687 e. The van der Waals surface area contributed by atoms with Crippen molar-refractivity contribution in [1.82, 2.24) is 0 Å². The second-order valence-corrected chi connectivity index (χ2v) is 6.69. The fraction of sp³-hybridized carbons (Fsp3) is 0.667. The molecule has 2 N–H and O–H groups in total. The van der Waals surface area contributed by atoms with Crippen LogP contribution in [0.3, 0.4) is 0 Å². The molecule has 1 aromatic carbocycles. The summed E-state index contributed by atoms with van der Waals surface area (Å²) in [5, 5.41) is 0. The number of benzene rings is 1. The minimum absolute atomic E-state index is 0.246. The van der Waals surface area contributed by atoms with Crippen molar-refractivity contribution in [2.24, 2.45) is 5.73 Å². The Morgan fingerprint density at radius 3 is 2.70 bits per heavy atom. The molecule has 3 rings (SSSR count). The average molecular weight is 273 g/mol. The first kappa shape index (κ1) is 14.1. The van der Waals surface area contributed by atoms with Crippen molar-refractivity contribution in [3.05, 3.63) is 35.4 Å². The van der Waals surface area contributed by atoms with Crippen LogP contribution in [0.25, 0.3) is 0 Å². The molecule has 1 aromatic rings. The van der Waals surface area contributed by atoms with E-state index in [1.165, 1.54) is 49.7 Å². The number of aryl methyl sites for hydroxylation is 1. The third-order valence-corrected chi connectivity index (χ3v) is 5.31. The monoisotopic (exact) mass is 273 g/mol. The first-order chi connectivity index (χ1) is 9.72. The topological polar surface area (TPSA) is 35.2 Å². The van der Waals surface area contributed by atoms with Crippen molar-refractivity contribution < 1.29 is 4.74 Å². The van der Waals surface area contributed by atoms with Gasteiger partial charge in [-0.25, -0.2) is 0 Å². The Kier molecular flexibility index (Phi) is 4.13. The van der Waals surface area contributed by atoms with Crippen molar-refractivity contribution in [2.75, 3.05) is 6.54 Å². The van der Waals surface area contributed by atoms with Crippen LogP contribution in [0.1, 0.15) is 62.0 Å². The molecule has 2 nitrogen and oxygen atoms in total. The molecule has 1 aliphatic heterocycles. The van der Waals surface area contributed by atoms with Gasteiger partial charge in [0.1, 0.15) is 0 Å². The molecule has 0 aromatic heterocycles. The lowest BCUT2D eigenvalue weighted by Crippen LogP contribution is -2.26. The molecular weight excluding hydrogens is 246 g/mol. The Morgan fingerprint density at radius 2 is 2.00 bits per heavy atom. The molecule has 1 saturated carbocycles. The molecule has 2 fully saturated rings. The Morgan fingerprint density at radius 1 is 1.25 bits per heavy atom. The van der Waals surface area contributed by atoms with Gasteiger partial charge in [0.05, 0.1) is 11.7 Å². The first-order valence-electron chi connectivity index (χ1n) is 8.16. The first-order valence-corrected chi connectivity index (χ1v) is 8.16. The van der Waals surface area contributed by atoms with Crippen molar-refractivity contribution in [3.63, 3.8) is 0 Å². The van der Waals surface area contributed by atoms with Gasteiger partial charge in [0, 0.05) is 0 Å². The predicted molar refractivity (Wildman–Crippen MR) is 82.9 cm³/mol. The lowest BCUT2D eigenvalue weighted by Gasteiger charge is -2.26. The van der Waals surface area contributed by atoms with E-state index in [-0.39, 0.29) is 5.60 Å². The summed E-state index contributed by atoms with van der Waals surface area (Å²) in [4.78, 5) is 0. The number of hydrogen-bond donors (Lipinski definition) is 1. The standard InChI is InChI=1S/C18H27NO/c1-14-6-2-3-7-17(14)15(13-19)12-16-8-11-18(20-16)9-4-5-10-18/h2-3,6-7,15-16H,4-5,8-13,19H2,1H3. The number of nitrogens with two attached hydrogens (primary N) is 1. The van der Waals surface area contributed by atoms with Gasteiger partial charge in [0.2, 0.25) is 0 Å². The second-order valence-electron chi connectivity index (χ2n) is 6.69. The zero-order valence-electron chi connectivity index (χ0n) is 12.6. The van der Waals surface area contributed by atoms with Crippen LogP contribution < -0.4 is 5.73 Å². The molecule has 20 heavy (non-hydrogen) atoms. The Labute approximate surface area is 122 Å². The summed E-state index contributed by atoms with van der Waals surface area (Å²) < 4.78 is 6.45. The van der Waals surface area contributed by atoms with E-state index in [4.69, 9.17) is 10.5 Å². The van der Waals surface area contributed by atoms with Crippen LogP contribution in [-0.2, 0) is 4.74 Å². The molecular formula is C18H27NO. The third kappa shape index (κ3) is 2.77. The normalized spacial score (nSPS) is 26.2. The highest BCUT2D eigenvalue weighted by Gasteiger charge is 2.42. The molecule has 0 radical (unpaired) electrons. The summed E-state index contributed by atoms with van der Waals surface area (Å²) in [5.74, 6) is 0.442. The lowest BCUT2D eigenvalue weighted by atomic mass is 9.89. The fourth-order valence-electron chi connectivity index (χ4n) is 4.16. The lowest BCUT2D eigenvalue weighted by molar-refractivity contribution is -0.0408. The molecule has 2 heteroatoms. The van der Waals surface area contributed by atoms with E-state index in [0.717, 1.165) is 13.0 Å². The molecule has 1 aliphatic carbocycles. The summed E-state index contributed by atoms with van der Waals surface area (Å²) in [7, 11) is 0. The predicted octanol–water partition coefficient (Wildman–Crippen LogP) is 3.92. The van der Waals surface area contributed by atoms with E-state index in [0.29, 0.717) is 12.0 Å². The van der Waals surface area contributed by atoms with Crippen molar-refractivity contribution in [3.8, 4) is 0 Å². The molecule has 2 aliphatic rings. The highest BCUT2D eigenvalue weighted by atomic mass is 16.5. The van der Waals surface area contributed by atoms with E-state index in [9.17, 15) is 0 Å². The minimum atomic E-state index is 0.246.